The molecule has 1 aromatic rings. The van der Waals surface area contributed by atoms with E-state index in [1.807, 2.05) is 26.0 Å². The van der Waals surface area contributed by atoms with E-state index in [-0.39, 0.29) is 0 Å². The summed E-state index contributed by atoms with van der Waals surface area (Å²) in [5.41, 5.74) is 2.70. The largest absolute Gasteiger partial charge is 0.496 e. The van der Waals surface area contributed by atoms with Crippen LogP contribution < -0.4 is 4.74 Å². The third kappa shape index (κ3) is 1.47. The number of hydrogen-bond donors (Lipinski definition) is 0. The Morgan fingerprint density at radius 1 is 1.33 bits per heavy atom. The van der Waals surface area contributed by atoms with E-state index in [4.69, 9.17) is 4.74 Å². The summed E-state index contributed by atoms with van der Waals surface area (Å²) in [6.07, 6.45) is 0.818. The maximum absolute atomic E-state index is 10.6. The van der Waals surface area contributed by atoms with Crippen LogP contribution in [0.15, 0.2) is 12.1 Å². The van der Waals surface area contributed by atoms with Gasteiger partial charge in [0.1, 0.15) is 5.75 Å². The van der Waals surface area contributed by atoms with Crippen molar-refractivity contribution in [3.05, 3.63) is 28.8 Å². The fraction of sp³-hybridized carbons (Fsp3) is 0.300. The van der Waals surface area contributed by atoms with Gasteiger partial charge in [0.15, 0.2) is 6.29 Å². The fourth-order valence-electron chi connectivity index (χ4n) is 1.35. The molecule has 0 N–H and O–H groups in total. The van der Waals surface area contributed by atoms with Crippen LogP contribution in [0.3, 0.4) is 0 Å². The quantitative estimate of drug-likeness (QED) is 0.626. The lowest BCUT2D eigenvalue weighted by molar-refractivity contribution is 0.112. The summed E-state index contributed by atoms with van der Waals surface area (Å²) >= 11 is 0. The molecule has 0 aliphatic carbocycles. The lowest BCUT2D eigenvalue weighted by atomic mass is 10.1. The van der Waals surface area contributed by atoms with Gasteiger partial charge in [-0.15, -0.1) is 0 Å². The normalized spacial score (nSPS) is 9.58. The maximum Gasteiger partial charge on any atom is 0.153 e. The van der Waals surface area contributed by atoms with Gasteiger partial charge in [-0.1, -0.05) is 6.07 Å². The second kappa shape index (κ2) is 3.39. The Labute approximate surface area is 72.2 Å². The molecular weight excluding hydrogens is 152 g/mol. The van der Waals surface area contributed by atoms with Gasteiger partial charge in [0.2, 0.25) is 0 Å². The van der Waals surface area contributed by atoms with Gasteiger partial charge < -0.3 is 4.74 Å². The molecule has 0 aliphatic heterocycles. The minimum absolute atomic E-state index is 0.620. The van der Waals surface area contributed by atoms with Crippen molar-refractivity contribution in [1.82, 2.24) is 0 Å². The van der Waals surface area contributed by atoms with Crippen molar-refractivity contribution >= 4 is 6.29 Å². The first-order valence-electron chi connectivity index (χ1n) is 3.79. The number of carbonyl (C=O) groups is 1. The van der Waals surface area contributed by atoms with Crippen LogP contribution in [0.4, 0.5) is 0 Å². The highest BCUT2D eigenvalue weighted by atomic mass is 16.5. The topological polar surface area (TPSA) is 26.3 Å². The molecule has 0 unspecified atom stereocenters. The number of benzene rings is 1. The van der Waals surface area contributed by atoms with Gasteiger partial charge in [-0.3, -0.25) is 4.79 Å². The Balaban J connectivity index is 3.33. The molecule has 12 heavy (non-hydrogen) atoms. The summed E-state index contributed by atoms with van der Waals surface area (Å²) < 4.78 is 5.09. The van der Waals surface area contributed by atoms with Crippen LogP contribution in [0, 0.1) is 13.8 Å². The lowest BCUT2D eigenvalue weighted by Gasteiger charge is -2.07. The highest BCUT2D eigenvalue weighted by Crippen LogP contribution is 2.23. The SMILES string of the molecule is COc1c(C)cc(C)cc1C=O. The van der Waals surface area contributed by atoms with Gasteiger partial charge in [0, 0.05) is 0 Å². The summed E-state index contributed by atoms with van der Waals surface area (Å²) in [6, 6.07) is 3.81. The van der Waals surface area contributed by atoms with Crippen LogP contribution in [0.5, 0.6) is 5.75 Å². The van der Waals surface area contributed by atoms with Crippen LogP contribution in [0.1, 0.15) is 21.5 Å². The van der Waals surface area contributed by atoms with E-state index in [9.17, 15) is 4.79 Å². The van der Waals surface area contributed by atoms with E-state index >= 15 is 0 Å². The molecular formula is C10H12O2. The van der Waals surface area contributed by atoms with Gasteiger partial charge in [0.25, 0.3) is 0 Å². The van der Waals surface area contributed by atoms with Crippen LogP contribution in [-0.4, -0.2) is 13.4 Å². The maximum atomic E-state index is 10.6. The van der Waals surface area contributed by atoms with Crippen molar-refractivity contribution in [3.63, 3.8) is 0 Å². The van der Waals surface area contributed by atoms with Gasteiger partial charge in [-0.05, 0) is 31.0 Å². The van der Waals surface area contributed by atoms with Crippen molar-refractivity contribution in [1.29, 1.82) is 0 Å². The summed E-state index contributed by atoms with van der Waals surface area (Å²) in [5, 5.41) is 0. The average molecular weight is 164 g/mol. The summed E-state index contributed by atoms with van der Waals surface area (Å²) in [6.45, 7) is 3.89. The summed E-state index contributed by atoms with van der Waals surface area (Å²) in [5.74, 6) is 0.676. The van der Waals surface area contributed by atoms with E-state index in [1.165, 1.54) is 0 Å². The molecule has 0 saturated carbocycles. The first kappa shape index (κ1) is 8.78. The predicted molar refractivity (Wildman–Crippen MR) is 47.9 cm³/mol. The monoisotopic (exact) mass is 164 g/mol. The number of hydrogen-bond acceptors (Lipinski definition) is 2. The lowest BCUT2D eigenvalue weighted by Crippen LogP contribution is -1.94. The standard InChI is InChI=1S/C10H12O2/c1-7-4-8(2)10(12-3)9(5-7)6-11/h4-6H,1-3H3. The molecule has 0 aromatic heterocycles. The van der Waals surface area contributed by atoms with Gasteiger partial charge >= 0.3 is 0 Å². The van der Waals surface area contributed by atoms with E-state index < -0.39 is 0 Å². The van der Waals surface area contributed by atoms with Crippen molar-refractivity contribution in [3.8, 4) is 5.75 Å². The number of methoxy groups -OCH3 is 1. The molecule has 2 heteroatoms. The molecule has 0 fully saturated rings. The summed E-state index contributed by atoms with van der Waals surface area (Å²) in [7, 11) is 1.57. The van der Waals surface area contributed by atoms with Crippen LogP contribution in [0.2, 0.25) is 0 Å². The molecule has 0 aliphatic rings. The van der Waals surface area contributed by atoms with Crippen molar-refractivity contribution in [2.24, 2.45) is 0 Å². The summed E-state index contributed by atoms with van der Waals surface area (Å²) in [4.78, 5) is 10.6. The van der Waals surface area contributed by atoms with E-state index in [1.54, 1.807) is 7.11 Å². The number of aldehydes is 1. The fourth-order valence-corrected chi connectivity index (χ4v) is 1.35. The molecule has 0 atom stereocenters. The molecule has 0 bridgehead atoms. The number of ether oxygens (including phenoxy) is 1. The molecule has 64 valence electrons. The van der Waals surface area contributed by atoms with E-state index in [2.05, 4.69) is 0 Å². The van der Waals surface area contributed by atoms with Crippen molar-refractivity contribution in [2.75, 3.05) is 7.11 Å². The molecule has 0 radical (unpaired) electrons. The van der Waals surface area contributed by atoms with E-state index in [0.29, 0.717) is 11.3 Å². The van der Waals surface area contributed by atoms with Gasteiger partial charge in [-0.2, -0.15) is 0 Å². The predicted octanol–water partition coefficient (Wildman–Crippen LogP) is 2.12. The Kier molecular flexibility index (Phi) is 2.48. The molecule has 1 aromatic carbocycles. The molecule has 0 spiro atoms. The number of rotatable bonds is 2. The number of carbonyl (C=O) groups excluding carboxylic acids is 1. The van der Waals surface area contributed by atoms with Crippen LogP contribution in [0.25, 0.3) is 0 Å². The Morgan fingerprint density at radius 2 is 2.00 bits per heavy atom. The minimum Gasteiger partial charge on any atom is -0.496 e. The third-order valence-corrected chi connectivity index (χ3v) is 1.78. The third-order valence-electron chi connectivity index (χ3n) is 1.78. The second-order valence-electron chi connectivity index (χ2n) is 2.82. The van der Waals surface area contributed by atoms with Gasteiger partial charge in [-0.25, -0.2) is 0 Å². The molecule has 0 saturated heterocycles. The first-order chi connectivity index (χ1) is 5.69. The molecule has 0 heterocycles. The zero-order chi connectivity index (χ0) is 9.14. The van der Waals surface area contributed by atoms with Crippen LogP contribution >= 0.6 is 0 Å². The molecule has 0 amide bonds. The van der Waals surface area contributed by atoms with Crippen molar-refractivity contribution < 1.29 is 9.53 Å². The zero-order valence-electron chi connectivity index (χ0n) is 7.55. The second-order valence-corrected chi connectivity index (χ2v) is 2.82. The van der Waals surface area contributed by atoms with Gasteiger partial charge in [0.05, 0.1) is 12.7 Å². The molecule has 1 rings (SSSR count). The Morgan fingerprint density at radius 3 is 2.50 bits per heavy atom. The van der Waals surface area contributed by atoms with Crippen molar-refractivity contribution in [2.45, 2.75) is 13.8 Å². The highest BCUT2D eigenvalue weighted by Gasteiger charge is 2.05. The van der Waals surface area contributed by atoms with Crippen LogP contribution in [-0.2, 0) is 0 Å². The van der Waals surface area contributed by atoms with E-state index in [0.717, 1.165) is 17.4 Å². The Hall–Kier alpha value is -1.31. The first-order valence-corrected chi connectivity index (χ1v) is 3.79. The average Bonchev–Trinajstić information content (AvgIpc) is 2.03. The number of aryl methyl sites for hydroxylation is 2. The smallest absolute Gasteiger partial charge is 0.153 e. The Bertz CT molecular complexity index is 303. The zero-order valence-corrected chi connectivity index (χ0v) is 7.55. The molecule has 2 nitrogen and oxygen atoms in total. The minimum atomic E-state index is 0.620. The highest BCUT2D eigenvalue weighted by molar-refractivity contribution is 5.80.